The summed E-state index contributed by atoms with van der Waals surface area (Å²) in [5.74, 6) is -1.48. The Balaban J connectivity index is 1.48. The summed E-state index contributed by atoms with van der Waals surface area (Å²) in [7, 11) is -4.28. The number of aromatic amines is 1. The molecule has 5 atom stereocenters. The van der Waals surface area contributed by atoms with Gasteiger partial charge in [-0.2, -0.15) is 0 Å². The second kappa shape index (κ2) is 16.3. The molecule has 1 aromatic heterocycles. The van der Waals surface area contributed by atoms with Crippen molar-refractivity contribution in [3.05, 3.63) is 115 Å². The van der Waals surface area contributed by atoms with E-state index in [1.165, 1.54) is 27.0 Å². The zero-order valence-electron chi connectivity index (χ0n) is 26.0. The molecule has 0 unspecified atom stereocenters. The SMILES string of the molecule is Cc1cn([C@H]2C[C@H](N=[N+]=[N-])[C@@H](COP(=O)(N[C@@H](C)C(=O)OCc3ccccc3)N[C@@H](C)C(=O)OCc3ccccc3)O2)c(=O)[nH]c1=O. The average Bonchev–Trinajstić information content (AvgIpc) is 3.46. The number of ether oxygens (including phenoxy) is 3. The van der Waals surface area contributed by atoms with E-state index in [1.54, 1.807) is 48.5 Å². The largest absolute Gasteiger partial charge is 0.460 e. The molecule has 0 bridgehead atoms. The molecular weight excluding hydrogens is 633 g/mol. The minimum Gasteiger partial charge on any atom is -0.460 e. The second-order valence-electron chi connectivity index (χ2n) is 10.9. The molecule has 250 valence electrons. The summed E-state index contributed by atoms with van der Waals surface area (Å²) in [5.41, 5.74) is 9.62. The number of aromatic nitrogens is 2. The lowest BCUT2D eigenvalue weighted by molar-refractivity contribution is -0.147. The van der Waals surface area contributed by atoms with Gasteiger partial charge in [0.1, 0.15) is 31.5 Å². The average molecular weight is 670 g/mol. The van der Waals surface area contributed by atoms with Gasteiger partial charge < -0.3 is 18.7 Å². The molecule has 16 nitrogen and oxygen atoms in total. The zero-order valence-corrected chi connectivity index (χ0v) is 26.9. The number of hydrogen-bond acceptors (Lipinski definition) is 10. The number of carbonyl (C=O) groups is 2. The summed E-state index contributed by atoms with van der Waals surface area (Å²) in [6.45, 7) is 3.84. The molecule has 17 heteroatoms. The van der Waals surface area contributed by atoms with Crippen molar-refractivity contribution < 1.29 is 32.9 Å². The standard InChI is InChI=1S/C30H36N7O9P/c1-19-15-37(30(41)32-27(19)38)26-14-24(33-36-31)25(46-26)18-45-47(42,34-20(2)28(39)43-16-22-10-6-4-7-11-22)35-21(3)29(40)44-17-23-12-8-5-9-13-23/h4-13,15,20-21,24-26H,14,16-18H2,1-3H3,(H,32,38,41)(H2,34,35,42)/t20-,21-,24-,25+,26+/m0/s1. The smallest absolute Gasteiger partial charge is 0.342 e. The Labute approximate surface area is 269 Å². The minimum atomic E-state index is -4.28. The van der Waals surface area contributed by atoms with E-state index in [1.807, 2.05) is 12.1 Å². The molecule has 0 amide bonds. The van der Waals surface area contributed by atoms with E-state index >= 15 is 0 Å². The summed E-state index contributed by atoms with van der Waals surface area (Å²) in [4.78, 5) is 55.0. The number of aryl methyl sites for hydroxylation is 1. The summed E-state index contributed by atoms with van der Waals surface area (Å²) in [5, 5.41) is 8.97. The fourth-order valence-electron chi connectivity index (χ4n) is 4.64. The number of nitrogens with one attached hydrogen (secondary N) is 3. The molecule has 4 rings (SSSR count). The number of H-pyrrole nitrogens is 1. The Bertz CT molecular complexity index is 1680. The summed E-state index contributed by atoms with van der Waals surface area (Å²) in [6, 6.07) is 14.7. The van der Waals surface area contributed by atoms with Crippen LogP contribution >= 0.6 is 7.67 Å². The molecule has 2 heterocycles. The number of benzene rings is 2. The number of esters is 2. The molecular formula is C30H36N7O9P. The minimum absolute atomic E-state index is 0.0266. The fraction of sp³-hybridized carbons (Fsp3) is 0.400. The van der Waals surface area contributed by atoms with Gasteiger partial charge in [-0.25, -0.2) is 15.0 Å². The van der Waals surface area contributed by atoms with E-state index < -0.39 is 67.9 Å². The first-order valence-electron chi connectivity index (χ1n) is 14.7. The van der Waals surface area contributed by atoms with Gasteiger partial charge in [-0.05, 0) is 37.4 Å². The van der Waals surface area contributed by atoms with Crippen LogP contribution in [0.25, 0.3) is 10.4 Å². The third-order valence-electron chi connectivity index (χ3n) is 7.16. The molecule has 0 saturated carbocycles. The molecule has 0 spiro atoms. The van der Waals surface area contributed by atoms with Gasteiger partial charge in [-0.3, -0.25) is 28.5 Å². The molecule has 3 aromatic rings. The van der Waals surface area contributed by atoms with Gasteiger partial charge in [0.25, 0.3) is 5.56 Å². The van der Waals surface area contributed by atoms with E-state index in [0.717, 1.165) is 15.7 Å². The molecule has 1 saturated heterocycles. The van der Waals surface area contributed by atoms with Crippen molar-refractivity contribution in [3.8, 4) is 0 Å². The van der Waals surface area contributed by atoms with Crippen LogP contribution in [0.3, 0.4) is 0 Å². The van der Waals surface area contributed by atoms with E-state index in [0.29, 0.717) is 0 Å². The van der Waals surface area contributed by atoms with Crippen molar-refractivity contribution in [3.63, 3.8) is 0 Å². The Kier molecular flexibility index (Phi) is 12.3. The maximum Gasteiger partial charge on any atom is 0.342 e. The first kappa shape index (κ1) is 35.3. The number of carbonyl (C=O) groups excluding carboxylic acids is 2. The molecule has 1 fully saturated rings. The van der Waals surface area contributed by atoms with E-state index in [4.69, 9.17) is 24.3 Å². The molecule has 0 radical (unpaired) electrons. The van der Waals surface area contributed by atoms with Crippen molar-refractivity contribution >= 4 is 19.6 Å². The number of nitrogens with zero attached hydrogens (tertiary/aromatic N) is 4. The predicted octanol–water partition coefficient (Wildman–Crippen LogP) is 3.38. The van der Waals surface area contributed by atoms with Crippen LogP contribution in [0.1, 0.15) is 43.2 Å². The molecule has 1 aliphatic rings. The number of hydrogen-bond donors (Lipinski definition) is 3. The van der Waals surface area contributed by atoms with Gasteiger partial charge in [0, 0.05) is 23.1 Å². The first-order chi connectivity index (χ1) is 22.5. The molecule has 2 aromatic carbocycles. The van der Waals surface area contributed by atoms with E-state index in [-0.39, 0.29) is 25.2 Å². The van der Waals surface area contributed by atoms with Gasteiger partial charge in [0.15, 0.2) is 0 Å². The van der Waals surface area contributed by atoms with Crippen LogP contribution in [0.5, 0.6) is 0 Å². The van der Waals surface area contributed by atoms with Crippen LogP contribution < -0.4 is 21.4 Å². The Hall–Kier alpha value is -4.56. The van der Waals surface area contributed by atoms with Gasteiger partial charge in [-0.1, -0.05) is 65.8 Å². The fourth-order valence-corrected chi connectivity index (χ4v) is 6.45. The first-order valence-corrected chi connectivity index (χ1v) is 16.3. The third-order valence-corrected chi connectivity index (χ3v) is 9.13. The van der Waals surface area contributed by atoms with Crippen molar-refractivity contribution in [2.24, 2.45) is 5.11 Å². The van der Waals surface area contributed by atoms with Crippen LogP contribution in [0, 0.1) is 6.92 Å². The highest BCUT2D eigenvalue weighted by Gasteiger charge is 2.40. The lowest BCUT2D eigenvalue weighted by atomic mass is 10.1. The lowest BCUT2D eigenvalue weighted by Crippen LogP contribution is -2.43. The van der Waals surface area contributed by atoms with Crippen LogP contribution in [0.4, 0.5) is 0 Å². The van der Waals surface area contributed by atoms with Crippen molar-refractivity contribution in [2.75, 3.05) is 6.61 Å². The van der Waals surface area contributed by atoms with Gasteiger partial charge in [0.2, 0.25) is 0 Å². The van der Waals surface area contributed by atoms with Crippen LogP contribution in [-0.4, -0.2) is 52.3 Å². The Morgan fingerprint density at radius 3 is 2.06 bits per heavy atom. The van der Waals surface area contributed by atoms with Crippen LogP contribution in [-0.2, 0) is 46.1 Å². The van der Waals surface area contributed by atoms with Crippen molar-refractivity contribution in [2.45, 2.75) is 70.9 Å². The zero-order chi connectivity index (χ0) is 34.0. The second-order valence-corrected chi connectivity index (χ2v) is 12.7. The predicted molar refractivity (Wildman–Crippen MR) is 169 cm³/mol. The maximum atomic E-state index is 14.2. The number of rotatable bonds is 15. The summed E-state index contributed by atoms with van der Waals surface area (Å²) < 4.78 is 37.8. The van der Waals surface area contributed by atoms with Crippen molar-refractivity contribution in [1.82, 2.24) is 19.7 Å². The monoisotopic (exact) mass is 669 g/mol. The molecule has 47 heavy (non-hydrogen) atoms. The number of azide groups is 1. The van der Waals surface area contributed by atoms with Crippen LogP contribution in [0.15, 0.2) is 81.6 Å². The molecule has 0 aliphatic carbocycles. The van der Waals surface area contributed by atoms with E-state index in [2.05, 4.69) is 25.2 Å². The quantitative estimate of drug-likeness (QED) is 0.0701. The van der Waals surface area contributed by atoms with E-state index in [9.17, 15) is 23.7 Å². The summed E-state index contributed by atoms with van der Waals surface area (Å²) >= 11 is 0. The van der Waals surface area contributed by atoms with Gasteiger partial charge in [0.05, 0.1) is 18.8 Å². The summed E-state index contributed by atoms with van der Waals surface area (Å²) in [6.07, 6.45) is -0.588. The Morgan fingerprint density at radius 1 is 1.02 bits per heavy atom. The van der Waals surface area contributed by atoms with Crippen molar-refractivity contribution in [1.29, 1.82) is 0 Å². The highest BCUT2D eigenvalue weighted by Crippen LogP contribution is 2.41. The normalized spacial score (nSPS) is 18.9. The van der Waals surface area contributed by atoms with Gasteiger partial charge >= 0.3 is 25.3 Å². The molecule has 3 N–H and O–H groups in total. The van der Waals surface area contributed by atoms with Crippen LogP contribution in [0.2, 0.25) is 0 Å². The highest BCUT2D eigenvalue weighted by atomic mass is 31.2. The Morgan fingerprint density at radius 2 is 1.55 bits per heavy atom. The lowest BCUT2D eigenvalue weighted by Gasteiger charge is -2.27. The maximum absolute atomic E-state index is 14.2. The third kappa shape index (κ3) is 9.96. The molecule has 1 aliphatic heterocycles. The van der Waals surface area contributed by atoms with Gasteiger partial charge in [-0.15, -0.1) is 0 Å². The highest BCUT2D eigenvalue weighted by molar-refractivity contribution is 7.54. The topological polar surface area (TPSA) is 216 Å².